The van der Waals surface area contributed by atoms with Crippen molar-refractivity contribution < 1.29 is 9.47 Å². The Balaban J connectivity index is 2.20. The highest BCUT2D eigenvalue weighted by molar-refractivity contribution is 6.76. The molecular formula is C10H20N2O2Si. The van der Waals surface area contributed by atoms with E-state index in [1.54, 1.807) is 18.0 Å². The third kappa shape index (κ3) is 4.99. The minimum Gasteiger partial charge on any atom is -0.493 e. The Morgan fingerprint density at radius 1 is 1.40 bits per heavy atom. The number of hydrogen-bond acceptors (Lipinski definition) is 3. The summed E-state index contributed by atoms with van der Waals surface area (Å²) in [7, 11) is 0.656. The van der Waals surface area contributed by atoms with E-state index >= 15 is 0 Å². The number of aromatic nitrogens is 2. The number of methoxy groups -OCH3 is 1. The molecular weight excluding hydrogens is 208 g/mol. The van der Waals surface area contributed by atoms with Crippen LogP contribution in [0.25, 0.3) is 0 Å². The fraction of sp³-hybridized carbons (Fsp3) is 0.700. The summed E-state index contributed by atoms with van der Waals surface area (Å²) < 4.78 is 12.3. The average molecular weight is 228 g/mol. The molecule has 0 radical (unpaired) electrons. The van der Waals surface area contributed by atoms with E-state index in [1.165, 1.54) is 6.04 Å². The number of rotatable bonds is 6. The Labute approximate surface area is 92.2 Å². The van der Waals surface area contributed by atoms with Crippen molar-refractivity contribution in [3.8, 4) is 5.75 Å². The van der Waals surface area contributed by atoms with Crippen LogP contribution in [-0.4, -0.2) is 31.6 Å². The molecule has 1 aromatic rings. The van der Waals surface area contributed by atoms with Crippen LogP contribution >= 0.6 is 0 Å². The number of ether oxygens (including phenoxy) is 2. The van der Waals surface area contributed by atoms with Crippen molar-refractivity contribution in [3.63, 3.8) is 0 Å². The van der Waals surface area contributed by atoms with Crippen LogP contribution in [-0.2, 0) is 11.5 Å². The lowest BCUT2D eigenvalue weighted by Gasteiger charge is -2.15. The fourth-order valence-electron chi connectivity index (χ4n) is 1.06. The molecule has 0 aromatic carbocycles. The van der Waals surface area contributed by atoms with E-state index in [-0.39, 0.29) is 0 Å². The van der Waals surface area contributed by atoms with Crippen molar-refractivity contribution in [2.24, 2.45) is 0 Å². The molecule has 0 unspecified atom stereocenters. The Morgan fingerprint density at radius 2 is 2.13 bits per heavy atom. The molecule has 0 aliphatic carbocycles. The summed E-state index contributed by atoms with van der Waals surface area (Å²) in [5.74, 6) is 0.767. The van der Waals surface area contributed by atoms with Crippen molar-refractivity contribution in [3.05, 3.63) is 12.4 Å². The molecule has 0 N–H and O–H groups in total. The van der Waals surface area contributed by atoms with Crippen LogP contribution in [0.15, 0.2) is 12.4 Å². The van der Waals surface area contributed by atoms with E-state index in [4.69, 9.17) is 9.47 Å². The van der Waals surface area contributed by atoms with Gasteiger partial charge >= 0.3 is 0 Å². The molecule has 15 heavy (non-hydrogen) atoms. The quantitative estimate of drug-likeness (QED) is 0.553. The van der Waals surface area contributed by atoms with E-state index < -0.39 is 8.07 Å². The normalized spacial score (nSPS) is 11.7. The van der Waals surface area contributed by atoms with Crippen LogP contribution in [0, 0.1) is 0 Å². The molecule has 0 saturated heterocycles. The highest BCUT2D eigenvalue weighted by Crippen LogP contribution is 2.09. The highest BCUT2D eigenvalue weighted by atomic mass is 28.3. The maximum Gasteiger partial charge on any atom is 0.156 e. The van der Waals surface area contributed by atoms with Crippen molar-refractivity contribution in [2.45, 2.75) is 32.4 Å². The lowest BCUT2D eigenvalue weighted by Crippen LogP contribution is -2.22. The Hall–Kier alpha value is -0.813. The zero-order chi connectivity index (χ0) is 11.3. The van der Waals surface area contributed by atoms with Gasteiger partial charge in [0.25, 0.3) is 0 Å². The van der Waals surface area contributed by atoms with Crippen molar-refractivity contribution in [1.82, 2.24) is 9.78 Å². The van der Waals surface area contributed by atoms with E-state index in [9.17, 15) is 0 Å². The molecule has 0 atom stereocenters. The summed E-state index contributed by atoms with van der Waals surface area (Å²) in [6.45, 7) is 8.35. The first-order valence-corrected chi connectivity index (χ1v) is 8.86. The van der Waals surface area contributed by atoms with Gasteiger partial charge in [-0.05, 0) is 6.04 Å². The van der Waals surface area contributed by atoms with Crippen LogP contribution in [0.2, 0.25) is 25.7 Å². The second-order valence-corrected chi connectivity index (χ2v) is 10.4. The maximum atomic E-state index is 5.53. The fourth-order valence-corrected chi connectivity index (χ4v) is 1.81. The smallest absolute Gasteiger partial charge is 0.156 e. The third-order valence-electron chi connectivity index (χ3n) is 2.07. The van der Waals surface area contributed by atoms with Crippen LogP contribution in [0.3, 0.4) is 0 Å². The van der Waals surface area contributed by atoms with Gasteiger partial charge in [0.2, 0.25) is 0 Å². The van der Waals surface area contributed by atoms with Gasteiger partial charge in [0.15, 0.2) is 5.75 Å². The van der Waals surface area contributed by atoms with E-state index in [2.05, 4.69) is 24.7 Å². The zero-order valence-electron chi connectivity index (χ0n) is 9.99. The molecule has 4 nitrogen and oxygen atoms in total. The lowest BCUT2D eigenvalue weighted by molar-refractivity contribution is 0.0784. The first-order valence-electron chi connectivity index (χ1n) is 5.15. The number of nitrogens with zero attached hydrogens (tertiary/aromatic N) is 2. The lowest BCUT2D eigenvalue weighted by atomic mass is 10.7. The third-order valence-corrected chi connectivity index (χ3v) is 3.77. The summed E-state index contributed by atoms with van der Waals surface area (Å²) in [5.41, 5.74) is 0. The predicted octanol–water partition coefficient (Wildman–Crippen LogP) is 2.20. The Bertz CT molecular complexity index is 294. The first-order chi connectivity index (χ1) is 7.01. The van der Waals surface area contributed by atoms with Gasteiger partial charge in [-0.1, -0.05) is 19.6 Å². The van der Waals surface area contributed by atoms with Gasteiger partial charge < -0.3 is 9.47 Å². The summed E-state index contributed by atoms with van der Waals surface area (Å²) in [5, 5.41) is 4.10. The standard InChI is InChI=1S/C10H20N2O2Si/c1-13-10-7-11-12(8-10)9-14-5-6-15(2,3)4/h7-8H,5-6,9H2,1-4H3. The molecule has 0 spiro atoms. The Kier molecular flexibility index (Phi) is 4.35. The van der Waals surface area contributed by atoms with Crippen LogP contribution in [0.1, 0.15) is 0 Å². The zero-order valence-corrected chi connectivity index (χ0v) is 11.0. The van der Waals surface area contributed by atoms with Crippen LogP contribution < -0.4 is 4.74 Å². The molecule has 0 aliphatic rings. The monoisotopic (exact) mass is 228 g/mol. The Morgan fingerprint density at radius 3 is 2.67 bits per heavy atom. The summed E-state index contributed by atoms with van der Waals surface area (Å²) in [4.78, 5) is 0. The van der Waals surface area contributed by atoms with Gasteiger partial charge in [-0.3, -0.25) is 0 Å². The van der Waals surface area contributed by atoms with E-state index in [1.807, 2.05) is 6.20 Å². The molecule has 0 fully saturated rings. The second kappa shape index (κ2) is 5.32. The minimum atomic E-state index is -0.976. The molecule has 0 bridgehead atoms. The number of hydrogen-bond donors (Lipinski definition) is 0. The predicted molar refractivity (Wildman–Crippen MR) is 62.9 cm³/mol. The largest absolute Gasteiger partial charge is 0.493 e. The second-order valence-electron chi connectivity index (χ2n) is 4.77. The minimum absolute atomic E-state index is 0.508. The topological polar surface area (TPSA) is 36.3 Å². The van der Waals surface area contributed by atoms with Crippen molar-refractivity contribution in [1.29, 1.82) is 0 Å². The van der Waals surface area contributed by atoms with Crippen molar-refractivity contribution in [2.75, 3.05) is 13.7 Å². The average Bonchev–Trinajstić information content (AvgIpc) is 2.59. The van der Waals surface area contributed by atoms with Gasteiger partial charge in [-0.15, -0.1) is 0 Å². The van der Waals surface area contributed by atoms with Gasteiger partial charge in [0, 0.05) is 14.7 Å². The van der Waals surface area contributed by atoms with Gasteiger partial charge in [0.05, 0.1) is 19.5 Å². The SMILES string of the molecule is COc1cnn(COCC[Si](C)(C)C)c1. The molecule has 0 amide bonds. The first kappa shape index (κ1) is 12.3. The van der Waals surface area contributed by atoms with E-state index in [0.717, 1.165) is 12.4 Å². The summed E-state index contributed by atoms with van der Waals surface area (Å²) >= 11 is 0. The molecule has 86 valence electrons. The summed E-state index contributed by atoms with van der Waals surface area (Å²) in [6, 6.07) is 1.19. The van der Waals surface area contributed by atoms with Crippen LogP contribution in [0.5, 0.6) is 5.75 Å². The highest BCUT2D eigenvalue weighted by Gasteiger charge is 2.11. The molecule has 0 saturated carbocycles. The molecule has 1 aromatic heterocycles. The van der Waals surface area contributed by atoms with Gasteiger partial charge in [0.1, 0.15) is 6.73 Å². The maximum absolute atomic E-state index is 5.53. The molecule has 1 heterocycles. The summed E-state index contributed by atoms with van der Waals surface area (Å²) in [6.07, 6.45) is 3.51. The molecule has 0 aliphatic heterocycles. The van der Waals surface area contributed by atoms with Crippen molar-refractivity contribution >= 4 is 8.07 Å². The van der Waals surface area contributed by atoms with Crippen LogP contribution in [0.4, 0.5) is 0 Å². The molecule has 1 rings (SSSR count). The van der Waals surface area contributed by atoms with E-state index in [0.29, 0.717) is 6.73 Å². The van der Waals surface area contributed by atoms with Gasteiger partial charge in [-0.2, -0.15) is 5.10 Å². The molecule has 5 heteroatoms. The van der Waals surface area contributed by atoms with Gasteiger partial charge in [-0.25, -0.2) is 4.68 Å².